The molecule has 8 nitrogen and oxygen atoms in total. The van der Waals surface area contributed by atoms with Crippen molar-refractivity contribution in [1.82, 2.24) is 24.5 Å². The number of amides is 1. The summed E-state index contributed by atoms with van der Waals surface area (Å²) in [5.74, 6) is -0.567. The lowest BCUT2D eigenvalue weighted by molar-refractivity contribution is -0.151. The Labute approximate surface area is 201 Å². The van der Waals surface area contributed by atoms with Crippen LogP contribution in [0, 0.1) is 11.2 Å². The van der Waals surface area contributed by atoms with Crippen LogP contribution in [-0.2, 0) is 20.9 Å². The number of ether oxygens (including phenoxy) is 1. The number of carbonyl (C=O) groups excluding carboxylic acids is 2. The smallest absolute Gasteiger partial charge is 0.327 e. The molecule has 1 spiro atoms. The van der Waals surface area contributed by atoms with Crippen LogP contribution in [0.3, 0.4) is 0 Å². The Morgan fingerprint density at radius 1 is 1.11 bits per heavy atom. The number of carbonyl (C=O) groups is 2. The third-order valence-electron chi connectivity index (χ3n) is 7.43. The lowest BCUT2D eigenvalue weighted by Crippen LogP contribution is -2.63. The number of fused-ring (bicyclic) bond motifs is 2. The zero-order valence-corrected chi connectivity index (χ0v) is 19.7. The molecule has 1 aliphatic heterocycles. The molecule has 1 saturated carbocycles. The van der Waals surface area contributed by atoms with Gasteiger partial charge in [0.2, 0.25) is 5.91 Å². The summed E-state index contributed by atoms with van der Waals surface area (Å²) in [7, 11) is 0. The van der Waals surface area contributed by atoms with E-state index in [-0.39, 0.29) is 35.7 Å². The van der Waals surface area contributed by atoms with Crippen LogP contribution < -0.4 is 0 Å². The average Bonchev–Trinajstić information content (AvgIpc) is 3.35. The van der Waals surface area contributed by atoms with E-state index in [0.717, 1.165) is 47.7 Å². The van der Waals surface area contributed by atoms with Gasteiger partial charge in [-0.05, 0) is 43.5 Å². The molecule has 0 atom stereocenters. The van der Waals surface area contributed by atoms with Crippen molar-refractivity contribution in [3.05, 3.63) is 48.5 Å². The van der Waals surface area contributed by atoms with Gasteiger partial charge in [-0.3, -0.25) is 19.0 Å². The predicted octanol–water partition coefficient (Wildman–Crippen LogP) is 3.94. The summed E-state index contributed by atoms with van der Waals surface area (Å²) < 4.78 is 23.9. The molecule has 0 unspecified atom stereocenters. The molecule has 1 saturated heterocycles. The Hall–Kier alpha value is -3.75. The van der Waals surface area contributed by atoms with Gasteiger partial charge in [0.25, 0.3) is 0 Å². The van der Waals surface area contributed by atoms with Crippen LogP contribution in [0.4, 0.5) is 4.39 Å². The standard InChI is InChI=1S/C26H26FN5O3/c1-3-35-25(34)13-31-23-6-4-5-19(21(23)12-28-31)20-8-24-17(7-22(20)27)11-29-32(24)18-9-26(10-18)14-30(15-26)16(2)33/h4-8,11-12,18H,3,9-10,13-15H2,1-2H3. The first kappa shape index (κ1) is 21.8. The highest BCUT2D eigenvalue weighted by atomic mass is 19.1. The number of halogens is 1. The molecular weight excluding hydrogens is 449 g/mol. The maximum Gasteiger partial charge on any atom is 0.327 e. The first-order valence-electron chi connectivity index (χ1n) is 11.9. The SMILES string of the molecule is CCOC(=O)Cn1ncc2c(-c3cc4c(cnn4C4CC5(C4)CN(C(C)=O)C5)cc3F)cccc21. The minimum absolute atomic E-state index is 0.000429. The lowest BCUT2D eigenvalue weighted by atomic mass is 9.60. The minimum Gasteiger partial charge on any atom is -0.465 e. The normalized spacial score (nSPS) is 17.1. The summed E-state index contributed by atoms with van der Waals surface area (Å²) in [5, 5.41) is 10.5. The van der Waals surface area contributed by atoms with Gasteiger partial charge < -0.3 is 9.64 Å². The number of esters is 1. The van der Waals surface area contributed by atoms with Crippen molar-refractivity contribution in [2.45, 2.75) is 39.3 Å². The van der Waals surface area contributed by atoms with E-state index in [0.29, 0.717) is 17.7 Å². The van der Waals surface area contributed by atoms with E-state index in [2.05, 4.69) is 10.2 Å². The highest BCUT2D eigenvalue weighted by Gasteiger charge is 2.54. The molecule has 2 fully saturated rings. The van der Waals surface area contributed by atoms with Gasteiger partial charge >= 0.3 is 5.97 Å². The summed E-state index contributed by atoms with van der Waals surface area (Å²) >= 11 is 0. The number of nitrogens with zero attached hydrogens (tertiary/aromatic N) is 5. The molecule has 4 aromatic rings. The molecule has 1 aliphatic carbocycles. The summed E-state index contributed by atoms with van der Waals surface area (Å²) in [6, 6.07) is 9.21. The predicted molar refractivity (Wildman–Crippen MR) is 128 cm³/mol. The number of hydrogen-bond donors (Lipinski definition) is 0. The fourth-order valence-electron chi connectivity index (χ4n) is 5.71. The van der Waals surface area contributed by atoms with Crippen molar-refractivity contribution in [2.75, 3.05) is 19.7 Å². The number of rotatable bonds is 5. The molecule has 35 heavy (non-hydrogen) atoms. The van der Waals surface area contributed by atoms with E-state index >= 15 is 4.39 Å². The maximum atomic E-state index is 15.3. The zero-order valence-electron chi connectivity index (χ0n) is 19.7. The summed E-state index contributed by atoms with van der Waals surface area (Å²) in [5.41, 5.74) is 3.02. The summed E-state index contributed by atoms with van der Waals surface area (Å²) in [4.78, 5) is 25.4. The number of likely N-dealkylation sites (tertiary alicyclic amines) is 1. The molecule has 180 valence electrons. The zero-order chi connectivity index (χ0) is 24.3. The molecule has 0 radical (unpaired) electrons. The van der Waals surface area contributed by atoms with Gasteiger partial charge in [-0.1, -0.05) is 12.1 Å². The highest BCUT2D eigenvalue weighted by molar-refractivity contribution is 5.97. The summed E-state index contributed by atoms with van der Waals surface area (Å²) in [6.45, 7) is 5.31. The van der Waals surface area contributed by atoms with Gasteiger partial charge in [0.15, 0.2) is 0 Å². The van der Waals surface area contributed by atoms with Crippen LogP contribution >= 0.6 is 0 Å². The molecule has 9 heteroatoms. The van der Waals surface area contributed by atoms with E-state index in [1.54, 1.807) is 30.9 Å². The second kappa shape index (κ2) is 7.90. The van der Waals surface area contributed by atoms with Crippen molar-refractivity contribution < 1.29 is 18.7 Å². The van der Waals surface area contributed by atoms with Gasteiger partial charge in [0.1, 0.15) is 12.4 Å². The molecule has 1 amide bonds. The van der Waals surface area contributed by atoms with Crippen molar-refractivity contribution >= 4 is 33.7 Å². The van der Waals surface area contributed by atoms with E-state index in [4.69, 9.17) is 4.74 Å². The number of aromatic nitrogens is 4. The first-order valence-corrected chi connectivity index (χ1v) is 11.9. The summed E-state index contributed by atoms with van der Waals surface area (Å²) in [6.07, 6.45) is 5.32. The van der Waals surface area contributed by atoms with Gasteiger partial charge in [0, 0.05) is 41.8 Å². The van der Waals surface area contributed by atoms with Gasteiger partial charge in [-0.25, -0.2) is 4.39 Å². The Bertz CT molecular complexity index is 1480. The van der Waals surface area contributed by atoms with E-state index in [1.165, 1.54) is 6.07 Å². The topological polar surface area (TPSA) is 82.2 Å². The van der Waals surface area contributed by atoms with Crippen LogP contribution in [0.5, 0.6) is 0 Å². The Balaban J connectivity index is 1.33. The lowest BCUT2D eigenvalue weighted by Gasteiger charge is -2.58. The van der Waals surface area contributed by atoms with Crippen LogP contribution in [0.25, 0.3) is 32.9 Å². The molecule has 2 aliphatic rings. The van der Waals surface area contributed by atoms with E-state index in [9.17, 15) is 9.59 Å². The quantitative estimate of drug-likeness (QED) is 0.409. The molecule has 2 aromatic heterocycles. The van der Waals surface area contributed by atoms with Crippen molar-refractivity contribution in [2.24, 2.45) is 5.41 Å². The monoisotopic (exact) mass is 475 g/mol. The van der Waals surface area contributed by atoms with Crippen LogP contribution in [0.15, 0.2) is 42.7 Å². The minimum atomic E-state index is -0.365. The average molecular weight is 476 g/mol. The van der Waals surface area contributed by atoms with Crippen molar-refractivity contribution in [1.29, 1.82) is 0 Å². The fraction of sp³-hybridized carbons (Fsp3) is 0.385. The second-order valence-corrected chi connectivity index (χ2v) is 9.76. The highest BCUT2D eigenvalue weighted by Crippen LogP contribution is 2.54. The third-order valence-corrected chi connectivity index (χ3v) is 7.43. The number of benzene rings is 2. The molecule has 2 aromatic carbocycles. The van der Waals surface area contributed by atoms with Gasteiger partial charge in [-0.15, -0.1) is 0 Å². The number of hydrogen-bond acceptors (Lipinski definition) is 5. The second-order valence-electron chi connectivity index (χ2n) is 9.76. The molecule has 3 heterocycles. The van der Waals surface area contributed by atoms with Crippen LogP contribution in [0.1, 0.15) is 32.7 Å². The van der Waals surface area contributed by atoms with Crippen LogP contribution in [-0.4, -0.2) is 56.0 Å². The largest absolute Gasteiger partial charge is 0.465 e. The molecule has 6 rings (SSSR count). The Morgan fingerprint density at radius 3 is 2.66 bits per heavy atom. The van der Waals surface area contributed by atoms with E-state index in [1.807, 2.05) is 33.8 Å². The van der Waals surface area contributed by atoms with Crippen LogP contribution in [0.2, 0.25) is 0 Å². The Morgan fingerprint density at radius 2 is 1.91 bits per heavy atom. The van der Waals surface area contributed by atoms with Gasteiger partial charge in [-0.2, -0.15) is 10.2 Å². The van der Waals surface area contributed by atoms with E-state index < -0.39 is 0 Å². The molecular formula is C26H26FN5O3. The first-order chi connectivity index (χ1) is 16.9. The van der Waals surface area contributed by atoms with Gasteiger partial charge in [0.05, 0.1) is 36.1 Å². The maximum absolute atomic E-state index is 15.3. The van der Waals surface area contributed by atoms with Crippen molar-refractivity contribution in [3.8, 4) is 11.1 Å². The molecule has 0 bridgehead atoms. The Kier molecular flexibility index (Phi) is 4.91. The third kappa shape index (κ3) is 3.48. The molecule has 0 N–H and O–H groups in total. The van der Waals surface area contributed by atoms with Crippen molar-refractivity contribution in [3.63, 3.8) is 0 Å². The fourth-order valence-corrected chi connectivity index (χ4v) is 5.71.